The molecule has 1 aromatic carbocycles. The smallest absolute Gasteiger partial charge is 0.256 e. The lowest BCUT2D eigenvalue weighted by atomic mass is 10.1. The van der Waals surface area contributed by atoms with Crippen molar-refractivity contribution >= 4 is 23.5 Å². The lowest BCUT2D eigenvalue weighted by Crippen LogP contribution is -2.47. The van der Waals surface area contributed by atoms with Crippen LogP contribution in [0, 0.1) is 13.8 Å². The van der Waals surface area contributed by atoms with Crippen molar-refractivity contribution in [2.45, 2.75) is 26.8 Å². The van der Waals surface area contributed by atoms with Gasteiger partial charge in [-0.05, 0) is 38.4 Å². The van der Waals surface area contributed by atoms with Crippen molar-refractivity contribution in [1.29, 1.82) is 0 Å². The van der Waals surface area contributed by atoms with E-state index in [-0.39, 0.29) is 5.91 Å². The van der Waals surface area contributed by atoms with Crippen LogP contribution in [0.2, 0.25) is 5.15 Å². The average Bonchev–Trinajstić information content (AvgIpc) is 3.11. The first-order chi connectivity index (χ1) is 16.0. The molecule has 0 aliphatic carbocycles. The first-order valence-corrected chi connectivity index (χ1v) is 11.7. The number of nitrogens with zero attached hydrogens (tertiary/aromatic N) is 6. The van der Waals surface area contributed by atoms with E-state index in [1.807, 2.05) is 13.0 Å². The van der Waals surface area contributed by atoms with E-state index >= 15 is 0 Å². The van der Waals surface area contributed by atoms with Crippen LogP contribution < -0.4 is 10.2 Å². The molecular weight excluding hydrogens is 438 g/mol. The summed E-state index contributed by atoms with van der Waals surface area (Å²) in [5, 5.41) is 7.87. The van der Waals surface area contributed by atoms with E-state index < -0.39 is 0 Å². The van der Waals surface area contributed by atoms with Crippen LogP contribution >= 0.6 is 11.6 Å². The number of hydrogen-bond acceptors (Lipinski definition) is 6. The highest BCUT2D eigenvalue weighted by molar-refractivity contribution is 6.33. The normalized spacial score (nSPS) is 14.5. The molecule has 8 nitrogen and oxygen atoms in total. The van der Waals surface area contributed by atoms with Gasteiger partial charge in [0, 0.05) is 45.1 Å². The number of carbonyl (C=O) groups is 1. The maximum absolute atomic E-state index is 12.8. The van der Waals surface area contributed by atoms with Crippen molar-refractivity contribution in [3.8, 4) is 0 Å². The summed E-state index contributed by atoms with van der Waals surface area (Å²) < 4.78 is 1.69. The highest BCUT2D eigenvalue weighted by atomic mass is 35.5. The number of aromatic nitrogens is 4. The number of nitrogens with one attached hydrogen (secondary N) is 1. The summed E-state index contributed by atoms with van der Waals surface area (Å²) in [4.78, 5) is 26.0. The van der Waals surface area contributed by atoms with E-state index in [1.165, 1.54) is 5.56 Å². The molecule has 1 fully saturated rings. The first kappa shape index (κ1) is 23.2. The van der Waals surface area contributed by atoms with Crippen molar-refractivity contribution in [3.05, 3.63) is 70.3 Å². The average molecular weight is 468 g/mol. The Bertz CT molecular complexity index is 1060. The van der Waals surface area contributed by atoms with Gasteiger partial charge in [0.05, 0.1) is 17.8 Å². The molecule has 1 aliphatic rings. The topological polar surface area (TPSA) is 79.2 Å². The van der Waals surface area contributed by atoms with E-state index in [0.717, 1.165) is 50.7 Å². The fourth-order valence-electron chi connectivity index (χ4n) is 4.00. The molecule has 33 heavy (non-hydrogen) atoms. The number of piperazine rings is 1. The number of rotatable bonds is 8. The summed E-state index contributed by atoms with van der Waals surface area (Å²) in [6.45, 7) is 9.68. The maximum atomic E-state index is 12.8. The molecule has 0 saturated carbocycles. The molecule has 2 aromatic heterocycles. The van der Waals surface area contributed by atoms with E-state index in [0.29, 0.717) is 29.5 Å². The van der Waals surface area contributed by atoms with Gasteiger partial charge in [0.2, 0.25) is 5.95 Å². The Balaban J connectivity index is 1.22. The summed E-state index contributed by atoms with van der Waals surface area (Å²) in [6, 6.07) is 10.0. The summed E-state index contributed by atoms with van der Waals surface area (Å²) >= 11 is 6.52. The van der Waals surface area contributed by atoms with E-state index in [4.69, 9.17) is 11.6 Å². The van der Waals surface area contributed by atoms with Gasteiger partial charge in [-0.1, -0.05) is 41.4 Å². The summed E-state index contributed by atoms with van der Waals surface area (Å²) in [6.07, 6.45) is 4.43. The number of halogens is 1. The molecule has 0 bridgehead atoms. The lowest BCUT2D eigenvalue weighted by Gasteiger charge is -2.34. The van der Waals surface area contributed by atoms with E-state index in [1.54, 1.807) is 17.1 Å². The summed E-state index contributed by atoms with van der Waals surface area (Å²) in [5.41, 5.74) is 3.40. The van der Waals surface area contributed by atoms with Gasteiger partial charge in [0.25, 0.3) is 5.91 Å². The molecule has 9 heteroatoms. The third-order valence-corrected chi connectivity index (χ3v) is 6.27. The Morgan fingerprint density at radius 1 is 1.06 bits per heavy atom. The molecule has 1 amide bonds. The largest absolute Gasteiger partial charge is 0.352 e. The zero-order chi connectivity index (χ0) is 23.2. The molecular formula is C24H30ClN7O. The third kappa shape index (κ3) is 5.89. The monoisotopic (exact) mass is 467 g/mol. The van der Waals surface area contributed by atoms with Gasteiger partial charge < -0.3 is 10.2 Å². The molecule has 1 N–H and O–H groups in total. The van der Waals surface area contributed by atoms with Crippen LogP contribution in [-0.2, 0) is 6.54 Å². The number of carbonyl (C=O) groups excluding carboxylic acids is 1. The Hall–Kier alpha value is -2.97. The second-order valence-corrected chi connectivity index (χ2v) is 8.74. The van der Waals surface area contributed by atoms with Crippen LogP contribution in [-0.4, -0.2) is 69.8 Å². The van der Waals surface area contributed by atoms with Crippen LogP contribution in [0.1, 0.15) is 33.6 Å². The van der Waals surface area contributed by atoms with Crippen LogP contribution in [0.4, 0.5) is 5.95 Å². The molecule has 0 unspecified atom stereocenters. The van der Waals surface area contributed by atoms with Gasteiger partial charge in [-0.3, -0.25) is 9.69 Å². The SMILES string of the molecule is Cc1ccc(Cn2nc(C)c(C(=O)NCCCN3CCN(c4ncccn4)CC3)c2Cl)cc1. The minimum atomic E-state index is -0.168. The highest BCUT2D eigenvalue weighted by Gasteiger charge is 2.21. The van der Waals surface area contributed by atoms with Crippen LogP contribution in [0.15, 0.2) is 42.7 Å². The van der Waals surface area contributed by atoms with E-state index in [2.05, 4.69) is 61.4 Å². The molecule has 0 atom stereocenters. The zero-order valence-electron chi connectivity index (χ0n) is 19.2. The Morgan fingerprint density at radius 2 is 1.76 bits per heavy atom. The first-order valence-electron chi connectivity index (χ1n) is 11.3. The molecule has 3 heterocycles. The van der Waals surface area contributed by atoms with Crippen molar-refractivity contribution in [2.24, 2.45) is 0 Å². The standard InChI is InChI=1S/C24H30ClN7O/c1-18-5-7-20(8-6-18)17-32-22(25)21(19(2)29-32)23(33)26-11-4-12-30-13-15-31(16-14-30)24-27-9-3-10-28-24/h3,5-10H,4,11-17H2,1-2H3,(H,26,33). The van der Waals surface area contributed by atoms with Gasteiger partial charge in [0.15, 0.2) is 0 Å². The lowest BCUT2D eigenvalue weighted by molar-refractivity contribution is 0.0951. The summed E-state index contributed by atoms with van der Waals surface area (Å²) in [7, 11) is 0. The third-order valence-electron chi connectivity index (χ3n) is 5.89. The Morgan fingerprint density at radius 3 is 2.45 bits per heavy atom. The quantitative estimate of drug-likeness (QED) is 0.513. The molecule has 174 valence electrons. The Kier molecular flexibility index (Phi) is 7.57. The predicted octanol–water partition coefficient (Wildman–Crippen LogP) is 2.93. The predicted molar refractivity (Wildman–Crippen MR) is 130 cm³/mol. The van der Waals surface area contributed by atoms with Crippen molar-refractivity contribution < 1.29 is 4.79 Å². The van der Waals surface area contributed by atoms with E-state index in [9.17, 15) is 4.79 Å². The molecule has 1 aliphatic heterocycles. The van der Waals surface area contributed by atoms with Gasteiger partial charge >= 0.3 is 0 Å². The maximum Gasteiger partial charge on any atom is 0.256 e. The summed E-state index contributed by atoms with van der Waals surface area (Å²) in [5.74, 6) is 0.623. The minimum Gasteiger partial charge on any atom is -0.352 e. The fraction of sp³-hybridized carbons (Fsp3) is 0.417. The minimum absolute atomic E-state index is 0.168. The second kappa shape index (κ2) is 10.8. The molecule has 3 aromatic rings. The van der Waals surface area contributed by atoms with Crippen molar-refractivity contribution in [2.75, 3.05) is 44.2 Å². The van der Waals surface area contributed by atoms with Crippen LogP contribution in [0.3, 0.4) is 0 Å². The highest BCUT2D eigenvalue weighted by Crippen LogP contribution is 2.21. The molecule has 4 rings (SSSR count). The van der Waals surface area contributed by atoms with Gasteiger partial charge in [-0.15, -0.1) is 0 Å². The molecule has 0 spiro atoms. The van der Waals surface area contributed by atoms with Crippen molar-refractivity contribution in [1.82, 2.24) is 30.0 Å². The van der Waals surface area contributed by atoms with Gasteiger partial charge in [0.1, 0.15) is 5.15 Å². The number of anilines is 1. The number of hydrogen-bond donors (Lipinski definition) is 1. The second-order valence-electron chi connectivity index (χ2n) is 8.38. The zero-order valence-corrected chi connectivity index (χ0v) is 19.9. The van der Waals surface area contributed by atoms with Gasteiger partial charge in [-0.25, -0.2) is 14.6 Å². The Labute approximate surface area is 199 Å². The number of amides is 1. The van der Waals surface area contributed by atoms with Gasteiger partial charge in [-0.2, -0.15) is 5.10 Å². The number of aryl methyl sites for hydroxylation is 2. The van der Waals surface area contributed by atoms with Crippen LogP contribution in [0.25, 0.3) is 0 Å². The molecule has 0 radical (unpaired) electrons. The fourth-order valence-corrected chi connectivity index (χ4v) is 4.32. The number of benzene rings is 1. The molecule has 1 saturated heterocycles. The van der Waals surface area contributed by atoms with Crippen LogP contribution in [0.5, 0.6) is 0 Å². The van der Waals surface area contributed by atoms with Crippen molar-refractivity contribution in [3.63, 3.8) is 0 Å².